The van der Waals surface area contributed by atoms with Crippen LogP contribution < -0.4 is 5.32 Å². The Balaban J connectivity index is 3.10. The topological polar surface area (TPSA) is 66.4 Å². The summed E-state index contributed by atoms with van der Waals surface area (Å²) in [7, 11) is 0. The molecule has 0 saturated heterocycles. The van der Waals surface area contributed by atoms with Gasteiger partial charge in [-0.1, -0.05) is 5.57 Å². The van der Waals surface area contributed by atoms with Crippen molar-refractivity contribution in [3.8, 4) is 0 Å². The molecular weight excluding hydrogens is 244 g/mol. The van der Waals surface area contributed by atoms with Gasteiger partial charge in [0.05, 0.1) is 11.3 Å². The quantitative estimate of drug-likeness (QED) is 0.816. The molecule has 4 nitrogen and oxygen atoms in total. The Kier molecular flexibility index (Phi) is 4.14. The molecule has 96 valence electrons. The van der Waals surface area contributed by atoms with Gasteiger partial charge in [0.2, 0.25) is 5.91 Å². The normalized spacial score (nSPS) is 9.78. The van der Waals surface area contributed by atoms with Crippen molar-refractivity contribution in [2.75, 3.05) is 5.32 Å². The molecule has 0 heterocycles. The van der Waals surface area contributed by atoms with E-state index in [1.807, 2.05) is 0 Å². The van der Waals surface area contributed by atoms with Gasteiger partial charge in [-0.2, -0.15) is 0 Å². The third kappa shape index (κ3) is 3.38. The number of hydrogen-bond acceptors (Lipinski definition) is 2. The molecule has 0 aliphatic carbocycles. The van der Waals surface area contributed by atoms with Crippen LogP contribution in [0.1, 0.15) is 24.2 Å². The van der Waals surface area contributed by atoms with Gasteiger partial charge in [0.25, 0.3) is 0 Å². The molecule has 18 heavy (non-hydrogen) atoms. The minimum atomic E-state index is -1.54. The van der Waals surface area contributed by atoms with Crippen LogP contribution in [-0.4, -0.2) is 17.0 Å². The first kappa shape index (κ1) is 13.8. The SMILES string of the molecule is CC(C)=CC(=O)Nc1cc(C(=O)O)c(F)cc1F. The Morgan fingerprint density at radius 2 is 1.83 bits per heavy atom. The van der Waals surface area contributed by atoms with Gasteiger partial charge in [0.1, 0.15) is 11.6 Å². The van der Waals surface area contributed by atoms with Crippen molar-refractivity contribution < 1.29 is 23.5 Å². The third-order valence-electron chi connectivity index (χ3n) is 1.96. The van der Waals surface area contributed by atoms with E-state index in [1.165, 1.54) is 6.08 Å². The van der Waals surface area contributed by atoms with Crippen molar-refractivity contribution in [3.05, 3.63) is 41.0 Å². The number of aromatic carboxylic acids is 1. The summed E-state index contributed by atoms with van der Waals surface area (Å²) in [4.78, 5) is 22.0. The molecule has 0 bridgehead atoms. The lowest BCUT2D eigenvalue weighted by molar-refractivity contribution is -0.112. The van der Waals surface area contributed by atoms with Gasteiger partial charge in [0.15, 0.2) is 0 Å². The van der Waals surface area contributed by atoms with Gasteiger partial charge in [-0.3, -0.25) is 4.79 Å². The zero-order chi connectivity index (χ0) is 13.9. The average Bonchev–Trinajstić information content (AvgIpc) is 2.20. The highest BCUT2D eigenvalue weighted by atomic mass is 19.1. The fraction of sp³-hybridized carbons (Fsp3) is 0.167. The first-order chi connectivity index (χ1) is 8.31. The molecule has 0 radical (unpaired) electrons. The standard InChI is InChI=1S/C12H11F2NO3/c1-6(2)3-11(16)15-10-4-7(12(17)18)8(13)5-9(10)14/h3-5H,1-2H3,(H,15,16)(H,17,18). The highest BCUT2D eigenvalue weighted by molar-refractivity contribution is 6.00. The van der Waals surface area contributed by atoms with Crippen molar-refractivity contribution in [1.29, 1.82) is 0 Å². The zero-order valence-corrected chi connectivity index (χ0v) is 9.75. The Morgan fingerprint density at radius 1 is 1.22 bits per heavy atom. The van der Waals surface area contributed by atoms with Gasteiger partial charge >= 0.3 is 5.97 Å². The molecule has 0 aliphatic heterocycles. The number of halogens is 2. The molecule has 0 saturated carbocycles. The maximum absolute atomic E-state index is 13.3. The lowest BCUT2D eigenvalue weighted by Crippen LogP contribution is -2.12. The summed E-state index contributed by atoms with van der Waals surface area (Å²) in [5.41, 5.74) is -0.395. The summed E-state index contributed by atoms with van der Waals surface area (Å²) in [5.74, 6) is -4.38. The highest BCUT2D eigenvalue weighted by Gasteiger charge is 2.16. The van der Waals surface area contributed by atoms with Crippen LogP contribution in [0.4, 0.5) is 14.5 Å². The number of carbonyl (C=O) groups excluding carboxylic acids is 1. The molecule has 0 aromatic heterocycles. The molecule has 1 rings (SSSR count). The van der Waals surface area contributed by atoms with E-state index < -0.39 is 29.1 Å². The predicted molar refractivity (Wildman–Crippen MR) is 61.4 cm³/mol. The van der Waals surface area contributed by atoms with E-state index in [9.17, 15) is 18.4 Å². The Labute approximate surface area is 102 Å². The average molecular weight is 255 g/mol. The van der Waals surface area contributed by atoms with Crippen LogP contribution in [0.3, 0.4) is 0 Å². The van der Waals surface area contributed by atoms with E-state index in [4.69, 9.17) is 5.11 Å². The predicted octanol–water partition coefficient (Wildman–Crippen LogP) is 2.57. The second kappa shape index (κ2) is 5.39. The number of carboxylic acids is 1. The molecule has 6 heteroatoms. The maximum Gasteiger partial charge on any atom is 0.338 e. The van der Waals surface area contributed by atoms with E-state index in [0.29, 0.717) is 11.6 Å². The second-order valence-corrected chi connectivity index (χ2v) is 3.83. The largest absolute Gasteiger partial charge is 0.478 e. The summed E-state index contributed by atoms with van der Waals surface area (Å²) in [5, 5.41) is 10.8. The van der Waals surface area contributed by atoms with Gasteiger partial charge < -0.3 is 10.4 Å². The van der Waals surface area contributed by atoms with Crippen molar-refractivity contribution in [3.63, 3.8) is 0 Å². The van der Waals surface area contributed by atoms with Gasteiger partial charge in [-0.25, -0.2) is 13.6 Å². The summed E-state index contributed by atoms with van der Waals surface area (Å²) in [6, 6.07) is 1.16. The summed E-state index contributed by atoms with van der Waals surface area (Å²) in [6.45, 7) is 3.34. The molecule has 0 fully saturated rings. The van der Waals surface area contributed by atoms with Crippen molar-refractivity contribution >= 4 is 17.6 Å². The highest BCUT2D eigenvalue weighted by Crippen LogP contribution is 2.19. The number of hydrogen-bond donors (Lipinski definition) is 2. The Bertz CT molecular complexity index is 534. The zero-order valence-electron chi connectivity index (χ0n) is 9.75. The van der Waals surface area contributed by atoms with E-state index >= 15 is 0 Å². The number of allylic oxidation sites excluding steroid dienone is 1. The lowest BCUT2D eigenvalue weighted by Gasteiger charge is -2.06. The van der Waals surface area contributed by atoms with E-state index in [-0.39, 0.29) is 5.69 Å². The van der Waals surface area contributed by atoms with Crippen molar-refractivity contribution in [1.82, 2.24) is 0 Å². The fourth-order valence-electron chi connectivity index (χ4n) is 1.24. The molecule has 2 N–H and O–H groups in total. The second-order valence-electron chi connectivity index (χ2n) is 3.83. The van der Waals surface area contributed by atoms with Crippen LogP contribution >= 0.6 is 0 Å². The van der Waals surface area contributed by atoms with Gasteiger partial charge in [-0.15, -0.1) is 0 Å². The number of carbonyl (C=O) groups is 2. The van der Waals surface area contributed by atoms with Crippen LogP contribution in [-0.2, 0) is 4.79 Å². The smallest absolute Gasteiger partial charge is 0.338 e. The van der Waals surface area contributed by atoms with Gasteiger partial charge in [-0.05, 0) is 19.9 Å². The number of nitrogens with one attached hydrogen (secondary N) is 1. The number of benzene rings is 1. The summed E-state index contributed by atoms with van der Waals surface area (Å²) < 4.78 is 26.4. The lowest BCUT2D eigenvalue weighted by atomic mass is 10.1. The summed E-state index contributed by atoms with van der Waals surface area (Å²) in [6.07, 6.45) is 1.21. The molecular formula is C12H11F2NO3. The molecule has 0 atom stereocenters. The molecule has 1 aromatic carbocycles. The minimum absolute atomic E-state index is 0.378. The van der Waals surface area contributed by atoms with Crippen LogP contribution in [0, 0.1) is 11.6 Å². The molecule has 0 spiro atoms. The minimum Gasteiger partial charge on any atom is -0.478 e. The fourth-order valence-corrected chi connectivity index (χ4v) is 1.24. The van der Waals surface area contributed by atoms with Crippen LogP contribution in [0.25, 0.3) is 0 Å². The number of anilines is 1. The number of carboxylic acid groups (broad SMARTS) is 1. The third-order valence-corrected chi connectivity index (χ3v) is 1.96. The van der Waals surface area contributed by atoms with E-state index in [1.54, 1.807) is 13.8 Å². The Hall–Kier alpha value is -2.24. The number of rotatable bonds is 3. The van der Waals surface area contributed by atoms with Crippen LogP contribution in [0.2, 0.25) is 0 Å². The van der Waals surface area contributed by atoms with Crippen molar-refractivity contribution in [2.24, 2.45) is 0 Å². The molecule has 1 aromatic rings. The number of amides is 1. The first-order valence-electron chi connectivity index (χ1n) is 4.99. The molecule has 0 aliphatic rings. The molecule has 0 unspecified atom stereocenters. The van der Waals surface area contributed by atoms with E-state index in [2.05, 4.69) is 5.32 Å². The van der Waals surface area contributed by atoms with Crippen LogP contribution in [0.15, 0.2) is 23.8 Å². The first-order valence-corrected chi connectivity index (χ1v) is 4.99. The van der Waals surface area contributed by atoms with Gasteiger partial charge in [0, 0.05) is 12.1 Å². The van der Waals surface area contributed by atoms with Crippen LogP contribution in [0.5, 0.6) is 0 Å². The maximum atomic E-state index is 13.3. The van der Waals surface area contributed by atoms with E-state index in [0.717, 1.165) is 6.07 Å². The summed E-state index contributed by atoms with van der Waals surface area (Å²) >= 11 is 0. The molecule has 1 amide bonds. The monoisotopic (exact) mass is 255 g/mol. The Morgan fingerprint density at radius 3 is 2.33 bits per heavy atom. The van der Waals surface area contributed by atoms with Crippen molar-refractivity contribution in [2.45, 2.75) is 13.8 Å².